The predicted molar refractivity (Wildman–Crippen MR) is 96.2 cm³/mol. The average molecular weight is 336 g/mol. The fourth-order valence-electron chi connectivity index (χ4n) is 3.80. The minimum absolute atomic E-state index is 0.231. The number of piperazine rings is 1. The summed E-state index contributed by atoms with van der Waals surface area (Å²) in [5.41, 5.74) is 1.19. The van der Waals surface area contributed by atoms with E-state index < -0.39 is 0 Å². The Bertz CT molecular complexity index is 536. The van der Waals surface area contributed by atoms with E-state index in [4.69, 9.17) is 0 Å². The molecule has 4 nitrogen and oxygen atoms in total. The number of carbonyl (C=O) groups is 1. The average Bonchev–Trinajstić information content (AvgIpc) is 2.97. The molecular formula is C18H29N3OS. The van der Waals surface area contributed by atoms with E-state index >= 15 is 0 Å². The van der Waals surface area contributed by atoms with Gasteiger partial charge in [0, 0.05) is 45.3 Å². The summed E-state index contributed by atoms with van der Waals surface area (Å²) in [7, 11) is 2.21. The fourth-order valence-corrected chi connectivity index (χ4v) is 4.66. The van der Waals surface area contributed by atoms with Gasteiger partial charge in [0.25, 0.3) is 5.91 Å². The summed E-state index contributed by atoms with van der Waals surface area (Å²) in [5, 5.41) is 2.06. The van der Waals surface area contributed by atoms with E-state index in [1.165, 1.54) is 31.7 Å². The summed E-state index contributed by atoms with van der Waals surface area (Å²) in [6.07, 6.45) is 2.30. The molecule has 2 aliphatic heterocycles. The summed E-state index contributed by atoms with van der Waals surface area (Å²) in [5.74, 6) is 0.976. The van der Waals surface area contributed by atoms with Crippen molar-refractivity contribution in [3.63, 3.8) is 0 Å². The third kappa shape index (κ3) is 4.14. The highest BCUT2D eigenvalue weighted by Crippen LogP contribution is 2.23. The first kappa shape index (κ1) is 16.9. The van der Waals surface area contributed by atoms with Gasteiger partial charge in [-0.1, -0.05) is 0 Å². The molecule has 128 valence electrons. The van der Waals surface area contributed by atoms with Gasteiger partial charge in [0.1, 0.15) is 0 Å². The van der Waals surface area contributed by atoms with Crippen molar-refractivity contribution in [2.75, 3.05) is 46.3 Å². The first-order valence-electron chi connectivity index (χ1n) is 8.80. The Morgan fingerprint density at radius 2 is 2.00 bits per heavy atom. The molecule has 0 radical (unpaired) electrons. The van der Waals surface area contributed by atoms with Crippen molar-refractivity contribution in [2.24, 2.45) is 5.92 Å². The first-order valence-corrected chi connectivity index (χ1v) is 9.68. The molecular weight excluding hydrogens is 306 g/mol. The SMILES string of the molecule is Cc1csc(C(=O)N2CCC(CN3CCN(C)CC3C)CC2)c1. The topological polar surface area (TPSA) is 26.8 Å². The van der Waals surface area contributed by atoms with Gasteiger partial charge in [-0.2, -0.15) is 0 Å². The molecule has 1 unspecified atom stereocenters. The van der Waals surface area contributed by atoms with Crippen molar-refractivity contribution in [2.45, 2.75) is 32.7 Å². The number of hydrogen-bond acceptors (Lipinski definition) is 4. The standard InChI is InChI=1S/C18H29N3OS/c1-14-10-17(23-13-14)18(22)20-6-4-16(5-7-20)12-21-9-8-19(3)11-15(21)2/h10,13,15-16H,4-9,11-12H2,1-3H3. The van der Waals surface area contributed by atoms with Crippen LogP contribution in [0.2, 0.25) is 0 Å². The van der Waals surface area contributed by atoms with E-state index in [2.05, 4.69) is 41.0 Å². The number of piperidine rings is 1. The highest BCUT2D eigenvalue weighted by molar-refractivity contribution is 7.12. The van der Waals surface area contributed by atoms with E-state index in [0.717, 1.165) is 36.7 Å². The molecule has 0 saturated carbocycles. The fraction of sp³-hybridized carbons (Fsp3) is 0.722. The van der Waals surface area contributed by atoms with Gasteiger partial charge in [-0.25, -0.2) is 0 Å². The number of thiophene rings is 1. The second-order valence-electron chi connectivity index (χ2n) is 7.33. The van der Waals surface area contributed by atoms with Crippen LogP contribution in [-0.2, 0) is 0 Å². The number of hydrogen-bond donors (Lipinski definition) is 0. The molecule has 0 aromatic carbocycles. The summed E-state index contributed by atoms with van der Waals surface area (Å²) < 4.78 is 0. The van der Waals surface area contributed by atoms with Crippen LogP contribution in [0.25, 0.3) is 0 Å². The number of likely N-dealkylation sites (tertiary alicyclic amines) is 1. The molecule has 1 atom stereocenters. The van der Waals surface area contributed by atoms with E-state index in [9.17, 15) is 4.79 Å². The van der Waals surface area contributed by atoms with Crippen LogP contribution >= 0.6 is 11.3 Å². The van der Waals surface area contributed by atoms with Crippen LogP contribution < -0.4 is 0 Å². The molecule has 0 aliphatic carbocycles. The zero-order chi connectivity index (χ0) is 16.4. The molecule has 2 fully saturated rings. The predicted octanol–water partition coefficient (Wildman–Crippen LogP) is 2.54. The van der Waals surface area contributed by atoms with Gasteiger partial charge in [-0.3, -0.25) is 9.69 Å². The number of aryl methyl sites for hydroxylation is 1. The lowest BCUT2D eigenvalue weighted by Gasteiger charge is -2.41. The highest BCUT2D eigenvalue weighted by atomic mass is 32.1. The molecule has 0 bridgehead atoms. The molecule has 23 heavy (non-hydrogen) atoms. The lowest BCUT2D eigenvalue weighted by atomic mass is 9.95. The monoisotopic (exact) mass is 335 g/mol. The normalized spacial score (nSPS) is 25.0. The quantitative estimate of drug-likeness (QED) is 0.849. The van der Waals surface area contributed by atoms with Gasteiger partial charge in [0.15, 0.2) is 0 Å². The second-order valence-corrected chi connectivity index (χ2v) is 8.24. The zero-order valence-corrected chi connectivity index (χ0v) is 15.4. The number of carbonyl (C=O) groups excluding carboxylic acids is 1. The number of rotatable bonds is 3. The van der Waals surface area contributed by atoms with Crippen molar-refractivity contribution in [1.82, 2.24) is 14.7 Å². The van der Waals surface area contributed by atoms with Crippen molar-refractivity contribution in [1.29, 1.82) is 0 Å². The van der Waals surface area contributed by atoms with Gasteiger partial charge in [0.05, 0.1) is 4.88 Å². The van der Waals surface area contributed by atoms with Crippen molar-refractivity contribution in [3.8, 4) is 0 Å². The van der Waals surface area contributed by atoms with Gasteiger partial charge >= 0.3 is 0 Å². The molecule has 3 heterocycles. The van der Waals surface area contributed by atoms with Gasteiger partial charge < -0.3 is 9.80 Å². The maximum atomic E-state index is 12.5. The van der Waals surface area contributed by atoms with E-state index in [1.807, 2.05) is 6.07 Å². The Kier molecular flexibility index (Phi) is 5.39. The molecule has 5 heteroatoms. The molecule has 2 aliphatic rings. The van der Waals surface area contributed by atoms with Crippen LogP contribution in [0.5, 0.6) is 0 Å². The van der Waals surface area contributed by atoms with Gasteiger partial charge in [-0.05, 0) is 56.7 Å². The van der Waals surface area contributed by atoms with E-state index in [0.29, 0.717) is 6.04 Å². The third-order valence-corrected chi connectivity index (χ3v) is 6.34. The number of amides is 1. The summed E-state index contributed by atoms with van der Waals surface area (Å²) >= 11 is 1.58. The number of likely N-dealkylation sites (N-methyl/N-ethyl adjacent to an activating group) is 1. The van der Waals surface area contributed by atoms with Gasteiger partial charge in [-0.15, -0.1) is 11.3 Å². The molecule has 2 saturated heterocycles. The largest absolute Gasteiger partial charge is 0.338 e. The Balaban J connectivity index is 1.48. The highest BCUT2D eigenvalue weighted by Gasteiger charge is 2.28. The lowest BCUT2D eigenvalue weighted by Crippen LogP contribution is -2.52. The van der Waals surface area contributed by atoms with Gasteiger partial charge in [0.2, 0.25) is 0 Å². The molecule has 1 aromatic heterocycles. The van der Waals surface area contributed by atoms with E-state index in [1.54, 1.807) is 11.3 Å². The van der Waals surface area contributed by atoms with E-state index in [-0.39, 0.29) is 5.91 Å². The minimum Gasteiger partial charge on any atom is -0.338 e. The first-order chi connectivity index (χ1) is 11.0. The van der Waals surface area contributed by atoms with Crippen molar-refractivity contribution >= 4 is 17.2 Å². The Labute approximate surface area is 144 Å². The van der Waals surface area contributed by atoms with Crippen LogP contribution in [0.1, 0.15) is 35.0 Å². The molecule has 3 rings (SSSR count). The van der Waals surface area contributed by atoms with Crippen LogP contribution in [0.3, 0.4) is 0 Å². The smallest absolute Gasteiger partial charge is 0.263 e. The Morgan fingerprint density at radius 1 is 1.26 bits per heavy atom. The maximum absolute atomic E-state index is 12.5. The van der Waals surface area contributed by atoms with Crippen LogP contribution in [0.15, 0.2) is 11.4 Å². The lowest BCUT2D eigenvalue weighted by molar-refractivity contribution is 0.0559. The third-order valence-electron chi connectivity index (χ3n) is 5.30. The van der Waals surface area contributed by atoms with Crippen LogP contribution in [0, 0.1) is 12.8 Å². The van der Waals surface area contributed by atoms with Crippen molar-refractivity contribution < 1.29 is 4.79 Å². The molecule has 0 N–H and O–H groups in total. The Hall–Kier alpha value is -0.910. The molecule has 1 amide bonds. The van der Waals surface area contributed by atoms with Crippen LogP contribution in [-0.4, -0.2) is 73.0 Å². The number of nitrogens with zero attached hydrogens (tertiary/aromatic N) is 3. The Morgan fingerprint density at radius 3 is 2.61 bits per heavy atom. The summed E-state index contributed by atoms with van der Waals surface area (Å²) in [6, 6.07) is 2.67. The minimum atomic E-state index is 0.231. The molecule has 0 spiro atoms. The zero-order valence-electron chi connectivity index (χ0n) is 14.6. The summed E-state index contributed by atoms with van der Waals surface area (Å²) in [6.45, 7) is 11.0. The van der Waals surface area contributed by atoms with Crippen molar-refractivity contribution in [3.05, 3.63) is 21.9 Å². The van der Waals surface area contributed by atoms with Crippen LogP contribution in [0.4, 0.5) is 0 Å². The maximum Gasteiger partial charge on any atom is 0.263 e. The summed E-state index contributed by atoms with van der Waals surface area (Å²) in [4.78, 5) is 20.5. The second kappa shape index (κ2) is 7.32. The molecule has 1 aromatic rings.